The summed E-state index contributed by atoms with van der Waals surface area (Å²) in [4.78, 5) is 14.4. The molecule has 0 N–H and O–H groups in total. The van der Waals surface area contributed by atoms with E-state index >= 15 is 0 Å². The minimum absolute atomic E-state index is 0.0225. The summed E-state index contributed by atoms with van der Waals surface area (Å²) in [7, 11) is 0. The van der Waals surface area contributed by atoms with E-state index in [1.807, 2.05) is 11.8 Å². The Morgan fingerprint density at radius 3 is 2.56 bits per heavy atom. The van der Waals surface area contributed by atoms with Crippen molar-refractivity contribution in [2.45, 2.75) is 65.5 Å². The first-order valence-corrected chi connectivity index (χ1v) is 6.24. The molecule has 16 heavy (non-hydrogen) atoms. The van der Waals surface area contributed by atoms with E-state index in [9.17, 15) is 4.79 Å². The van der Waals surface area contributed by atoms with Crippen LogP contribution >= 0.6 is 0 Å². The number of hydrogen-bond acceptors (Lipinski definition) is 2. The molecule has 0 radical (unpaired) electrons. The number of likely N-dealkylation sites (tertiary alicyclic amines) is 1. The van der Waals surface area contributed by atoms with Gasteiger partial charge in [0.25, 0.3) is 0 Å². The smallest absolute Gasteiger partial charge is 0.243 e. The average Bonchev–Trinajstić information content (AvgIpc) is 2.68. The molecule has 1 aliphatic heterocycles. The van der Waals surface area contributed by atoms with Gasteiger partial charge in [-0.1, -0.05) is 13.8 Å². The van der Waals surface area contributed by atoms with Crippen LogP contribution < -0.4 is 0 Å². The Hall–Kier alpha value is -1.04. The van der Waals surface area contributed by atoms with E-state index in [1.54, 1.807) is 6.92 Å². The van der Waals surface area contributed by atoms with Gasteiger partial charge in [-0.05, 0) is 39.5 Å². The fourth-order valence-corrected chi connectivity index (χ4v) is 2.40. The quantitative estimate of drug-likeness (QED) is 0.737. The summed E-state index contributed by atoms with van der Waals surface area (Å²) < 4.78 is 0. The molecule has 0 aromatic heterocycles. The normalized spacial score (nSPS) is 28.6. The Morgan fingerprint density at radius 2 is 2.12 bits per heavy atom. The van der Waals surface area contributed by atoms with Crippen LogP contribution in [0.25, 0.3) is 0 Å². The molecule has 0 saturated carbocycles. The first-order chi connectivity index (χ1) is 7.50. The lowest BCUT2D eigenvalue weighted by Crippen LogP contribution is -2.47. The maximum atomic E-state index is 12.4. The van der Waals surface area contributed by atoms with Crippen LogP contribution in [0.2, 0.25) is 0 Å². The van der Waals surface area contributed by atoms with Crippen molar-refractivity contribution in [1.29, 1.82) is 5.26 Å². The van der Waals surface area contributed by atoms with Crippen LogP contribution in [0.3, 0.4) is 0 Å². The predicted octanol–water partition coefficient (Wildman–Crippen LogP) is 2.72. The maximum absolute atomic E-state index is 12.4. The topological polar surface area (TPSA) is 44.1 Å². The SMILES string of the molecule is CCC1CCC(C)N1C(=O)C(C)(C#N)CC. The fraction of sp³-hybridized carbons (Fsp3) is 0.846. The zero-order valence-electron chi connectivity index (χ0n) is 10.8. The average molecular weight is 222 g/mol. The van der Waals surface area contributed by atoms with Gasteiger partial charge in [-0.2, -0.15) is 5.26 Å². The van der Waals surface area contributed by atoms with Crippen molar-refractivity contribution in [2.75, 3.05) is 0 Å². The third-order valence-corrected chi connectivity index (χ3v) is 3.92. The van der Waals surface area contributed by atoms with Crippen molar-refractivity contribution in [1.82, 2.24) is 4.90 Å². The Kier molecular flexibility index (Phi) is 3.96. The largest absolute Gasteiger partial charge is 0.336 e. The number of hydrogen-bond donors (Lipinski definition) is 0. The molecule has 1 amide bonds. The Morgan fingerprint density at radius 1 is 1.50 bits per heavy atom. The number of amides is 1. The monoisotopic (exact) mass is 222 g/mol. The van der Waals surface area contributed by atoms with Crippen LogP contribution in [0.4, 0.5) is 0 Å². The lowest BCUT2D eigenvalue weighted by molar-refractivity contribution is -0.141. The summed E-state index contributed by atoms with van der Waals surface area (Å²) in [6, 6.07) is 2.80. The minimum Gasteiger partial charge on any atom is -0.336 e. The van der Waals surface area contributed by atoms with Crippen LogP contribution in [0.15, 0.2) is 0 Å². The minimum atomic E-state index is -0.841. The second kappa shape index (κ2) is 4.86. The van der Waals surface area contributed by atoms with Crippen molar-refractivity contribution in [3.05, 3.63) is 0 Å². The van der Waals surface area contributed by atoms with Crippen LogP contribution in [-0.2, 0) is 4.79 Å². The molecule has 0 aliphatic carbocycles. The Labute approximate surface area is 98.4 Å². The van der Waals surface area contributed by atoms with E-state index in [1.165, 1.54) is 0 Å². The second-order valence-electron chi connectivity index (χ2n) is 5.00. The van der Waals surface area contributed by atoms with Crippen molar-refractivity contribution >= 4 is 5.91 Å². The standard InChI is InChI=1S/C13H22N2O/c1-5-11-8-7-10(3)15(11)12(16)13(4,6-2)9-14/h10-11H,5-8H2,1-4H3. The van der Waals surface area contributed by atoms with Crippen LogP contribution in [0.1, 0.15) is 53.4 Å². The van der Waals surface area contributed by atoms with Gasteiger partial charge in [0, 0.05) is 12.1 Å². The van der Waals surface area contributed by atoms with Gasteiger partial charge in [-0.15, -0.1) is 0 Å². The second-order valence-corrected chi connectivity index (χ2v) is 5.00. The summed E-state index contributed by atoms with van der Waals surface area (Å²) in [5, 5.41) is 9.16. The summed E-state index contributed by atoms with van der Waals surface area (Å²) >= 11 is 0. The molecule has 0 aromatic carbocycles. The summed E-state index contributed by atoms with van der Waals surface area (Å²) in [6.07, 6.45) is 3.72. The van der Waals surface area contributed by atoms with Gasteiger partial charge in [0.2, 0.25) is 5.91 Å². The highest BCUT2D eigenvalue weighted by Gasteiger charge is 2.42. The highest BCUT2D eigenvalue weighted by Crippen LogP contribution is 2.32. The molecular weight excluding hydrogens is 200 g/mol. The first kappa shape index (κ1) is 13.0. The number of carbonyl (C=O) groups is 1. The van der Waals surface area contributed by atoms with Gasteiger partial charge >= 0.3 is 0 Å². The van der Waals surface area contributed by atoms with Crippen LogP contribution in [0, 0.1) is 16.7 Å². The number of nitrogens with zero attached hydrogens (tertiary/aromatic N) is 2. The number of rotatable bonds is 3. The maximum Gasteiger partial charge on any atom is 0.243 e. The molecule has 1 aliphatic rings. The fourth-order valence-electron chi connectivity index (χ4n) is 2.40. The van der Waals surface area contributed by atoms with Crippen molar-refractivity contribution in [3.63, 3.8) is 0 Å². The lowest BCUT2D eigenvalue weighted by atomic mass is 9.87. The van der Waals surface area contributed by atoms with Crippen molar-refractivity contribution in [2.24, 2.45) is 5.41 Å². The molecular formula is C13H22N2O. The third-order valence-electron chi connectivity index (χ3n) is 3.92. The van der Waals surface area contributed by atoms with Gasteiger partial charge in [0.15, 0.2) is 0 Å². The molecule has 1 heterocycles. The first-order valence-electron chi connectivity index (χ1n) is 6.24. The van der Waals surface area contributed by atoms with Crippen LogP contribution in [0.5, 0.6) is 0 Å². The highest BCUT2D eigenvalue weighted by molar-refractivity contribution is 5.85. The zero-order chi connectivity index (χ0) is 12.3. The van der Waals surface area contributed by atoms with Crippen molar-refractivity contribution < 1.29 is 4.79 Å². The van der Waals surface area contributed by atoms with Gasteiger partial charge in [-0.25, -0.2) is 0 Å². The Bertz CT molecular complexity index is 308. The number of carbonyl (C=O) groups excluding carboxylic acids is 1. The van der Waals surface area contributed by atoms with E-state index in [2.05, 4.69) is 19.9 Å². The highest BCUT2D eigenvalue weighted by atomic mass is 16.2. The summed E-state index contributed by atoms with van der Waals surface area (Å²) in [5.74, 6) is 0.0225. The third kappa shape index (κ3) is 2.07. The van der Waals surface area contributed by atoms with Gasteiger partial charge in [0.05, 0.1) is 6.07 Å². The summed E-state index contributed by atoms with van der Waals surface area (Å²) in [5.41, 5.74) is -0.841. The van der Waals surface area contributed by atoms with Gasteiger partial charge in [0.1, 0.15) is 5.41 Å². The van der Waals surface area contributed by atoms with Crippen molar-refractivity contribution in [3.8, 4) is 6.07 Å². The van der Waals surface area contributed by atoms with E-state index in [-0.39, 0.29) is 11.9 Å². The van der Waals surface area contributed by atoms with E-state index < -0.39 is 5.41 Å². The molecule has 1 rings (SSSR count). The van der Waals surface area contributed by atoms with Gasteiger partial charge in [-0.3, -0.25) is 4.79 Å². The Balaban J connectivity index is 2.92. The molecule has 3 unspecified atom stereocenters. The molecule has 1 fully saturated rings. The molecule has 0 aromatic rings. The summed E-state index contributed by atoms with van der Waals surface area (Å²) in [6.45, 7) is 7.86. The molecule has 90 valence electrons. The molecule has 3 heteroatoms. The lowest BCUT2D eigenvalue weighted by Gasteiger charge is -2.33. The van der Waals surface area contributed by atoms with E-state index in [4.69, 9.17) is 5.26 Å². The molecule has 3 atom stereocenters. The molecule has 0 spiro atoms. The molecule has 3 nitrogen and oxygen atoms in total. The predicted molar refractivity (Wildman–Crippen MR) is 63.6 cm³/mol. The molecule has 0 bridgehead atoms. The van der Waals surface area contributed by atoms with Gasteiger partial charge < -0.3 is 4.90 Å². The van der Waals surface area contributed by atoms with Crippen LogP contribution in [-0.4, -0.2) is 22.9 Å². The number of nitriles is 1. The van der Waals surface area contributed by atoms with E-state index in [0.717, 1.165) is 19.3 Å². The zero-order valence-corrected chi connectivity index (χ0v) is 10.8. The van der Waals surface area contributed by atoms with E-state index in [0.29, 0.717) is 12.5 Å². The molecule has 1 saturated heterocycles.